The van der Waals surface area contributed by atoms with Crippen LogP contribution in [0, 0.1) is 0 Å². The van der Waals surface area contributed by atoms with Crippen LogP contribution < -0.4 is 0 Å². The van der Waals surface area contributed by atoms with Crippen molar-refractivity contribution in [3.05, 3.63) is 48.0 Å². The first kappa shape index (κ1) is 9.44. The van der Waals surface area contributed by atoms with Gasteiger partial charge in [0.25, 0.3) is 0 Å². The summed E-state index contributed by atoms with van der Waals surface area (Å²) in [5.74, 6) is 0. The topological polar surface area (TPSA) is 29.5 Å². The molecule has 0 heterocycles. The van der Waals surface area contributed by atoms with Gasteiger partial charge in [-0.05, 0) is 5.56 Å². The average molecular weight is 190 g/mol. The molecule has 2 atom stereocenters. The summed E-state index contributed by atoms with van der Waals surface area (Å²) >= 11 is 0. The van der Waals surface area contributed by atoms with Crippen molar-refractivity contribution in [2.45, 2.75) is 25.2 Å². The molecule has 1 aliphatic rings. The molecule has 2 heteroatoms. The van der Waals surface area contributed by atoms with Crippen LogP contribution in [-0.4, -0.2) is 17.3 Å². The fraction of sp³-hybridized carbons (Fsp3) is 0.333. The lowest BCUT2D eigenvalue weighted by Crippen LogP contribution is -2.10. The molecule has 1 aromatic carbocycles. The van der Waals surface area contributed by atoms with E-state index in [1.807, 2.05) is 36.4 Å². The third-order valence-corrected chi connectivity index (χ3v) is 2.33. The summed E-state index contributed by atoms with van der Waals surface area (Å²) in [6.45, 7) is 0.614. The van der Waals surface area contributed by atoms with Crippen LogP contribution >= 0.6 is 0 Å². The SMILES string of the molecule is O[C@@H]1C=C[C@@H](OCc2ccccc2)C1. The summed E-state index contributed by atoms with van der Waals surface area (Å²) in [5, 5.41) is 9.23. The second-order valence-electron chi connectivity index (χ2n) is 3.52. The van der Waals surface area contributed by atoms with Gasteiger partial charge in [0, 0.05) is 6.42 Å². The Balaban J connectivity index is 1.81. The molecule has 14 heavy (non-hydrogen) atoms. The van der Waals surface area contributed by atoms with Crippen LogP contribution in [0.4, 0.5) is 0 Å². The van der Waals surface area contributed by atoms with E-state index >= 15 is 0 Å². The number of hydrogen-bond acceptors (Lipinski definition) is 2. The first-order chi connectivity index (χ1) is 6.84. The highest BCUT2D eigenvalue weighted by molar-refractivity contribution is 5.14. The maximum absolute atomic E-state index is 9.23. The summed E-state index contributed by atoms with van der Waals surface area (Å²) < 4.78 is 5.61. The van der Waals surface area contributed by atoms with Gasteiger partial charge in [-0.3, -0.25) is 0 Å². The Kier molecular flexibility index (Phi) is 2.96. The molecule has 1 aliphatic carbocycles. The lowest BCUT2D eigenvalue weighted by atomic mass is 10.2. The van der Waals surface area contributed by atoms with Gasteiger partial charge in [0.15, 0.2) is 0 Å². The molecule has 2 nitrogen and oxygen atoms in total. The van der Waals surface area contributed by atoms with E-state index in [-0.39, 0.29) is 12.2 Å². The molecule has 0 bridgehead atoms. The van der Waals surface area contributed by atoms with Crippen LogP contribution in [0.5, 0.6) is 0 Å². The van der Waals surface area contributed by atoms with E-state index in [4.69, 9.17) is 4.74 Å². The molecule has 0 saturated carbocycles. The molecule has 2 rings (SSSR count). The second kappa shape index (κ2) is 4.40. The fourth-order valence-electron chi connectivity index (χ4n) is 1.55. The third kappa shape index (κ3) is 2.44. The molecule has 0 aliphatic heterocycles. The zero-order valence-electron chi connectivity index (χ0n) is 7.97. The maximum Gasteiger partial charge on any atom is 0.0789 e. The van der Waals surface area contributed by atoms with Crippen molar-refractivity contribution in [1.29, 1.82) is 0 Å². The zero-order valence-corrected chi connectivity index (χ0v) is 7.97. The predicted octanol–water partition coefficient (Wildman–Crippen LogP) is 1.89. The van der Waals surface area contributed by atoms with Gasteiger partial charge in [0.1, 0.15) is 0 Å². The Hall–Kier alpha value is -1.12. The number of benzene rings is 1. The molecular formula is C12H14O2. The molecule has 0 radical (unpaired) electrons. The molecular weight excluding hydrogens is 176 g/mol. The molecule has 0 saturated heterocycles. The Morgan fingerprint density at radius 1 is 1.21 bits per heavy atom. The summed E-state index contributed by atoms with van der Waals surface area (Å²) in [5.41, 5.74) is 1.17. The van der Waals surface area contributed by atoms with Crippen molar-refractivity contribution in [2.24, 2.45) is 0 Å². The standard InChI is InChI=1S/C12H14O2/c13-11-6-7-12(8-11)14-9-10-4-2-1-3-5-10/h1-7,11-13H,8-9H2/t11-,12-/m1/s1. The number of aliphatic hydroxyl groups excluding tert-OH is 1. The summed E-state index contributed by atoms with van der Waals surface area (Å²) in [7, 11) is 0. The molecule has 0 unspecified atom stereocenters. The maximum atomic E-state index is 9.23. The van der Waals surface area contributed by atoms with Crippen molar-refractivity contribution < 1.29 is 9.84 Å². The van der Waals surface area contributed by atoms with Gasteiger partial charge < -0.3 is 9.84 Å². The quantitative estimate of drug-likeness (QED) is 0.737. The minimum absolute atomic E-state index is 0.0743. The van der Waals surface area contributed by atoms with Gasteiger partial charge in [0.2, 0.25) is 0 Å². The van der Waals surface area contributed by atoms with E-state index in [2.05, 4.69) is 0 Å². The molecule has 1 N–H and O–H groups in total. The monoisotopic (exact) mass is 190 g/mol. The second-order valence-corrected chi connectivity index (χ2v) is 3.52. The van der Waals surface area contributed by atoms with Crippen LogP contribution in [0.3, 0.4) is 0 Å². The van der Waals surface area contributed by atoms with Crippen molar-refractivity contribution in [1.82, 2.24) is 0 Å². The predicted molar refractivity (Wildman–Crippen MR) is 54.8 cm³/mol. The number of ether oxygens (including phenoxy) is 1. The van der Waals surface area contributed by atoms with E-state index in [0.29, 0.717) is 13.0 Å². The molecule has 0 aromatic heterocycles. The minimum Gasteiger partial charge on any atom is -0.389 e. The van der Waals surface area contributed by atoms with Crippen LogP contribution in [0.2, 0.25) is 0 Å². The van der Waals surface area contributed by atoms with E-state index in [0.717, 1.165) is 0 Å². The number of rotatable bonds is 3. The smallest absolute Gasteiger partial charge is 0.0789 e. The van der Waals surface area contributed by atoms with Gasteiger partial charge in [0.05, 0.1) is 18.8 Å². The Morgan fingerprint density at radius 2 is 2.00 bits per heavy atom. The molecule has 0 fully saturated rings. The van der Waals surface area contributed by atoms with E-state index < -0.39 is 0 Å². The molecule has 1 aromatic rings. The Morgan fingerprint density at radius 3 is 2.64 bits per heavy atom. The number of aliphatic hydroxyl groups is 1. The van der Waals surface area contributed by atoms with Gasteiger partial charge in [-0.2, -0.15) is 0 Å². The van der Waals surface area contributed by atoms with Gasteiger partial charge in [-0.15, -0.1) is 0 Å². The fourth-order valence-corrected chi connectivity index (χ4v) is 1.55. The van der Waals surface area contributed by atoms with Crippen molar-refractivity contribution in [3.63, 3.8) is 0 Å². The van der Waals surface area contributed by atoms with Crippen molar-refractivity contribution in [2.75, 3.05) is 0 Å². The Bertz CT molecular complexity index is 305. The summed E-state index contributed by atoms with van der Waals surface area (Å²) in [4.78, 5) is 0. The van der Waals surface area contributed by atoms with Crippen LogP contribution in [-0.2, 0) is 11.3 Å². The third-order valence-electron chi connectivity index (χ3n) is 2.33. The first-order valence-corrected chi connectivity index (χ1v) is 4.86. The number of hydrogen-bond donors (Lipinski definition) is 1. The molecule has 74 valence electrons. The van der Waals surface area contributed by atoms with Crippen LogP contribution in [0.15, 0.2) is 42.5 Å². The lowest BCUT2D eigenvalue weighted by Gasteiger charge is -2.10. The Labute approximate surface area is 83.8 Å². The van der Waals surface area contributed by atoms with E-state index in [1.165, 1.54) is 5.56 Å². The van der Waals surface area contributed by atoms with Gasteiger partial charge >= 0.3 is 0 Å². The minimum atomic E-state index is -0.323. The largest absolute Gasteiger partial charge is 0.389 e. The summed E-state index contributed by atoms with van der Waals surface area (Å²) in [6.07, 6.45) is 4.15. The van der Waals surface area contributed by atoms with E-state index in [1.54, 1.807) is 6.08 Å². The highest BCUT2D eigenvalue weighted by atomic mass is 16.5. The molecule has 0 amide bonds. The lowest BCUT2D eigenvalue weighted by molar-refractivity contribution is 0.0528. The highest BCUT2D eigenvalue weighted by Gasteiger charge is 2.16. The van der Waals surface area contributed by atoms with Gasteiger partial charge in [-0.1, -0.05) is 42.5 Å². The van der Waals surface area contributed by atoms with Crippen molar-refractivity contribution >= 4 is 0 Å². The van der Waals surface area contributed by atoms with Crippen molar-refractivity contribution in [3.8, 4) is 0 Å². The van der Waals surface area contributed by atoms with Gasteiger partial charge in [-0.25, -0.2) is 0 Å². The van der Waals surface area contributed by atoms with E-state index in [9.17, 15) is 5.11 Å². The molecule has 0 spiro atoms. The first-order valence-electron chi connectivity index (χ1n) is 4.86. The van der Waals surface area contributed by atoms with Crippen LogP contribution in [0.25, 0.3) is 0 Å². The average Bonchev–Trinajstić information content (AvgIpc) is 2.63. The highest BCUT2D eigenvalue weighted by Crippen LogP contribution is 2.15. The normalized spacial score (nSPS) is 25.5. The zero-order chi connectivity index (χ0) is 9.80. The van der Waals surface area contributed by atoms with Crippen LogP contribution in [0.1, 0.15) is 12.0 Å². The summed E-state index contributed by atoms with van der Waals surface area (Å²) in [6, 6.07) is 10.1.